The molecule has 0 saturated heterocycles. The van der Waals surface area contributed by atoms with Crippen LogP contribution in [0.2, 0.25) is 0 Å². The molecular weight excluding hydrogens is 248 g/mol. The Morgan fingerprint density at radius 3 is 2.61 bits per heavy atom. The topological polar surface area (TPSA) is 65.2 Å². The maximum atomic E-state index is 12.3. The van der Waals surface area contributed by atoms with Gasteiger partial charge in [0.1, 0.15) is 11.4 Å². The number of ketones is 1. The largest absolute Gasteiger partial charge is 0.496 e. The van der Waals surface area contributed by atoms with E-state index in [0.717, 1.165) is 16.9 Å². The first-order valence-electron chi connectivity index (χ1n) is 5.44. The van der Waals surface area contributed by atoms with Crippen LogP contribution in [0, 0.1) is 13.8 Å². The zero-order valence-electron chi connectivity index (χ0n) is 10.5. The quantitative estimate of drug-likeness (QED) is 0.863. The lowest BCUT2D eigenvalue weighted by molar-refractivity contribution is 0.103. The van der Waals surface area contributed by atoms with E-state index >= 15 is 0 Å². The van der Waals surface area contributed by atoms with Crippen molar-refractivity contribution in [2.24, 2.45) is 0 Å². The summed E-state index contributed by atoms with van der Waals surface area (Å²) in [6.07, 6.45) is 0. The number of anilines is 1. The summed E-state index contributed by atoms with van der Waals surface area (Å²) in [5, 5.41) is 2.08. The van der Waals surface area contributed by atoms with Gasteiger partial charge in [0.25, 0.3) is 0 Å². The van der Waals surface area contributed by atoms with Crippen molar-refractivity contribution in [3.8, 4) is 5.75 Å². The van der Waals surface area contributed by atoms with Crippen LogP contribution in [0.4, 0.5) is 5.13 Å². The molecule has 5 heteroatoms. The Balaban J connectivity index is 2.45. The summed E-state index contributed by atoms with van der Waals surface area (Å²) in [6.45, 7) is 3.79. The Bertz CT molecular complexity index is 605. The molecule has 1 heterocycles. The first kappa shape index (κ1) is 12.6. The number of hydrogen-bond donors (Lipinski definition) is 1. The summed E-state index contributed by atoms with van der Waals surface area (Å²) in [4.78, 5) is 16.3. The molecule has 0 fully saturated rings. The summed E-state index contributed by atoms with van der Waals surface area (Å²) in [6, 6.07) is 3.68. The highest BCUT2D eigenvalue weighted by Gasteiger charge is 2.16. The van der Waals surface area contributed by atoms with Crippen molar-refractivity contribution in [2.45, 2.75) is 13.8 Å². The number of methoxy groups -OCH3 is 1. The third kappa shape index (κ3) is 2.22. The SMILES string of the molecule is COc1cc(C)c(C(=O)c2csc(N)n2)cc1C. The minimum Gasteiger partial charge on any atom is -0.496 e. The Kier molecular flexibility index (Phi) is 3.34. The van der Waals surface area contributed by atoms with E-state index in [1.165, 1.54) is 11.3 Å². The lowest BCUT2D eigenvalue weighted by atomic mass is 10.00. The van der Waals surface area contributed by atoms with Crippen molar-refractivity contribution in [2.75, 3.05) is 12.8 Å². The lowest BCUT2D eigenvalue weighted by Gasteiger charge is -2.09. The minimum atomic E-state index is -0.105. The molecule has 0 aliphatic rings. The summed E-state index contributed by atoms with van der Waals surface area (Å²) >= 11 is 1.27. The number of nitrogens with zero attached hydrogens (tertiary/aromatic N) is 1. The number of aryl methyl sites for hydroxylation is 2. The van der Waals surface area contributed by atoms with Crippen LogP contribution in [-0.4, -0.2) is 17.9 Å². The van der Waals surface area contributed by atoms with Gasteiger partial charge in [-0.2, -0.15) is 0 Å². The van der Waals surface area contributed by atoms with Crippen molar-refractivity contribution in [1.82, 2.24) is 4.98 Å². The summed E-state index contributed by atoms with van der Waals surface area (Å²) in [5.41, 5.74) is 8.37. The van der Waals surface area contributed by atoms with Crippen LogP contribution < -0.4 is 10.5 Å². The number of nitrogen functional groups attached to an aromatic ring is 1. The van der Waals surface area contributed by atoms with E-state index in [2.05, 4.69) is 4.98 Å². The van der Waals surface area contributed by atoms with Gasteiger partial charge in [0.15, 0.2) is 5.13 Å². The summed E-state index contributed by atoms with van der Waals surface area (Å²) < 4.78 is 5.23. The van der Waals surface area contributed by atoms with Crippen LogP contribution in [0.3, 0.4) is 0 Å². The van der Waals surface area contributed by atoms with Crippen molar-refractivity contribution in [3.05, 3.63) is 39.9 Å². The van der Waals surface area contributed by atoms with Gasteiger partial charge in [-0.15, -0.1) is 11.3 Å². The normalized spacial score (nSPS) is 10.4. The van der Waals surface area contributed by atoms with Gasteiger partial charge in [-0.25, -0.2) is 4.98 Å². The molecule has 0 bridgehead atoms. The van der Waals surface area contributed by atoms with Crippen LogP contribution in [0.1, 0.15) is 27.2 Å². The van der Waals surface area contributed by atoms with Gasteiger partial charge in [0.05, 0.1) is 7.11 Å². The molecule has 0 unspecified atom stereocenters. The van der Waals surface area contributed by atoms with E-state index in [1.54, 1.807) is 12.5 Å². The fourth-order valence-corrected chi connectivity index (χ4v) is 2.33. The molecule has 1 aromatic carbocycles. The van der Waals surface area contributed by atoms with Crippen LogP contribution in [0.15, 0.2) is 17.5 Å². The number of benzene rings is 1. The molecule has 18 heavy (non-hydrogen) atoms. The van der Waals surface area contributed by atoms with E-state index in [9.17, 15) is 4.79 Å². The molecule has 0 amide bonds. The molecule has 94 valence electrons. The Morgan fingerprint density at radius 2 is 2.06 bits per heavy atom. The van der Waals surface area contributed by atoms with Gasteiger partial charge in [0.2, 0.25) is 5.78 Å². The average molecular weight is 262 g/mol. The van der Waals surface area contributed by atoms with Crippen molar-refractivity contribution in [3.63, 3.8) is 0 Å². The lowest BCUT2D eigenvalue weighted by Crippen LogP contribution is -2.05. The molecule has 0 aliphatic carbocycles. The number of hydrogen-bond acceptors (Lipinski definition) is 5. The highest BCUT2D eigenvalue weighted by molar-refractivity contribution is 7.13. The first-order valence-corrected chi connectivity index (χ1v) is 6.32. The highest BCUT2D eigenvalue weighted by Crippen LogP contribution is 2.25. The molecule has 4 nitrogen and oxygen atoms in total. The minimum absolute atomic E-state index is 0.105. The number of carbonyl (C=O) groups is 1. The Labute approximate surface area is 109 Å². The number of rotatable bonds is 3. The molecule has 0 atom stereocenters. The number of nitrogens with two attached hydrogens (primary N) is 1. The average Bonchev–Trinajstić information content (AvgIpc) is 2.77. The second kappa shape index (κ2) is 4.78. The third-order valence-electron chi connectivity index (χ3n) is 2.74. The molecule has 2 aromatic rings. The number of ether oxygens (including phenoxy) is 1. The summed E-state index contributed by atoms with van der Waals surface area (Å²) in [7, 11) is 1.62. The van der Waals surface area contributed by atoms with Crippen molar-refractivity contribution < 1.29 is 9.53 Å². The van der Waals surface area contributed by atoms with Crippen LogP contribution >= 0.6 is 11.3 Å². The van der Waals surface area contributed by atoms with Gasteiger partial charge in [-0.05, 0) is 37.1 Å². The van der Waals surface area contributed by atoms with E-state index < -0.39 is 0 Å². The number of aromatic nitrogens is 1. The van der Waals surface area contributed by atoms with Gasteiger partial charge in [-0.1, -0.05) is 0 Å². The van der Waals surface area contributed by atoms with Crippen molar-refractivity contribution >= 4 is 22.3 Å². The van der Waals surface area contributed by atoms with Gasteiger partial charge in [-0.3, -0.25) is 4.79 Å². The second-order valence-electron chi connectivity index (χ2n) is 4.04. The van der Waals surface area contributed by atoms with Gasteiger partial charge >= 0.3 is 0 Å². The maximum absolute atomic E-state index is 12.3. The standard InChI is InChI=1S/C13H14N2O2S/c1-7-5-11(17-3)8(2)4-9(7)12(16)10-6-18-13(14)15-10/h4-6H,1-3H3,(H2,14,15). The third-order valence-corrected chi connectivity index (χ3v) is 3.41. The van der Waals surface area contributed by atoms with Crippen LogP contribution in [-0.2, 0) is 0 Å². The first-order chi connectivity index (χ1) is 8.52. The van der Waals surface area contributed by atoms with Crippen molar-refractivity contribution in [1.29, 1.82) is 0 Å². The van der Waals surface area contributed by atoms with E-state index in [-0.39, 0.29) is 5.78 Å². The van der Waals surface area contributed by atoms with E-state index in [1.807, 2.05) is 26.0 Å². The van der Waals surface area contributed by atoms with Gasteiger partial charge in [0, 0.05) is 10.9 Å². The summed E-state index contributed by atoms with van der Waals surface area (Å²) in [5.74, 6) is 0.674. The van der Waals surface area contributed by atoms with Gasteiger partial charge < -0.3 is 10.5 Å². The molecule has 2 N–H and O–H groups in total. The Hall–Kier alpha value is -1.88. The number of thiazole rings is 1. The highest BCUT2D eigenvalue weighted by atomic mass is 32.1. The molecule has 1 aromatic heterocycles. The van der Waals surface area contributed by atoms with Crippen LogP contribution in [0.5, 0.6) is 5.75 Å². The second-order valence-corrected chi connectivity index (χ2v) is 4.93. The molecule has 2 rings (SSSR count). The fourth-order valence-electron chi connectivity index (χ4n) is 1.78. The molecule has 0 radical (unpaired) electrons. The zero-order valence-corrected chi connectivity index (χ0v) is 11.3. The monoisotopic (exact) mass is 262 g/mol. The number of carbonyl (C=O) groups excluding carboxylic acids is 1. The van der Waals surface area contributed by atoms with Crippen LogP contribution in [0.25, 0.3) is 0 Å². The van der Waals surface area contributed by atoms with E-state index in [4.69, 9.17) is 10.5 Å². The van der Waals surface area contributed by atoms with E-state index in [0.29, 0.717) is 16.4 Å². The maximum Gasteiger partial charge on any atom is 0.212 e. The smallest absolute Gasteiger partial charge is 0.212 e. The zero-order chi connectivity index (χ0) is 13.3. The molecular formula is C13H14N2O2S. The fraction of sp³-hybridized carbons (Fsp3) is 0.231. The molecule has 0 aliphatic heterocycles. The molecule has 0 spiro atoms. The predicted molar refractivity (Wildman–Crippen MR) is 72.4 cm³/mol. The Morgan fingerprint density at radius 1 is 1.33 bits per heavy atom. The predicted octanol–water partition coefficient (Wildman–Crippen LogP) is 2.58. The molecule has 0 saturated carbocycles.